The van der Waals surface area contributed by atoms with Crippen LogP contribution in [0.2, 0.25) is 0 Å². The van der Waals surface area contributed by atoms with Crippen LogP contribution in [0, 0.1) is 11.8 Å². The van der Waals surface area contributed by atoms with Crippen LogP contribution < -0.4 is 10.6 Å². The first-order chi connectivity index (χ1) is 10.0. The number of rotatable bonds is 7. The smallest absolute Gasteiger partial charge is 0.407 e. The molecule has 0 spiro atoms. The van der Waals surface area contributed by atoms with Gasteiger partial charge in [0.1, 0.15) is 0 Å². The third kappa shape index (κ3) is 7.16. The molecule has 21 heavy (non-hydrogen) atoms. The van der Waals surface area contributed by atoms with Gasteiger partial charge >= 0.3 is 6.09 Å². The van der Waals surface area contributed by atoms with Crippen LogP contribution in [0.4, 0.5) is 4.79 Å². The average Bonchev–Trinajstić information content (AvgIpc) is 2.45. The largest absolute Gasteiger partial charge is 0.450 e. The Labute approximate surface area is 127 Å². The van der Waals surface area contributed by atoms with Crippen molar-refractivity contribution < 1.29 is 14.3 Å². The lowest BCUT2D eigenvalue weighted by atomic mass is 9.93. The summed E-state index contributed by atoms with van der Waals surface area (Å²) >= 11 is 0. The molecular formula is C16H28N2O3. The van der Waals surface area contributed by atoms with Crippen molar-refractivity contribution in [2.45, 2.75) is 52.5 Å². The molecule has 2 atom stereocenters. The molecule has 5 nitrogen and oxygen atoms in total. The minimum absolute atomic E-state index is 0.0669. The van der Waals surface area contributed by atoms with Crippen LogP contribution in [0.3, 0.4) is 0 Å². The normalized spacial score (nSPS) is 19.1. The molecule has 0 bridgehead atoms. The third-order valence-corrected chi connectivity index (χ3v) is 3.52. The SMILES string of the molecule is CCOC(=O)N[C@H](CNC(=O)[C@H]1CC=CCC1)CC(C)C. The maximum Gasteiger partial charge on any atom is 0.407 e. The fourth-order valence-electron chi connectivity index (χ4n) is 2.50. The standard InChI is InChI=1S/C16H28N2O3/c1-4-21-16(20)18-14(10-12(2)3)11-17-15(19)13-8-6-5-7-9-13/h5-6,12-14H,4,7-11H2,1-3H3,(H,17,19)(H,18,20)/t13-,14-/m0/s1. The molecule has 2 amide bonds. The molecule has 1 rings (SSSR count). The molecule has 0 saturated carbocycles. The van der Waals surface area contributed by atoms with Crippen molar-refractivity contribution in [1.29, 1.82) is 0 Å². The number of hydrogen-bond acceptors (Lipinski definition) is 3. The van der Waals surface area contributed by atoms with Gasteiger partial charge in [0.15, 0.2) is 0 Å². The van der Waals surface area contributed by atoms with E-state index in [4.69, 9.17) is 4.74 Å². The molecular weight excluding hydrogens is 268 g/mol. The molecule has 0 unspecified atom stereocenters. The highest BCUT2D eigenvalue weighted by atomic mass is 16.5. The topological polar surface area (TPSA) is 67.4 Å². The van der Waals surface area contributed by atoms with Crippen LogP contribution >= 0.6 is 0 Å². The van der Waals surface area contributed by atoms with E-state index in [1.165, 1.54) is 0 Å². The number of carbonyl (C=O) groups is 2. The first-order valence-corrected chi connectivity index (χ1v) is 7.88. The van der Waals surface area contributed by atoms with Crippen molar-refractivity contribution >= 4 is 12.0 Å². The minimum atomic E-state index is -0.419. The van der Waals surface area contributed by atoms with Gasteiger partial charge in [0, 0.05) is 18.5 Å². The first kappa shape index (κ1) is 17.5. The highest BCUT2D eigenvalue weighted by Crippen LogP contribution is 2.18. The van der Waals surface area contributed by atoms with Gasteiger partial charge in [-0.15, -0.1) is 0 Å². The Bertz CT molecular complexity index is 367. The summed E-state index contributed by atoms with van der Waals surface area (Å²) in [6.07, 6.45) is 7.26. The zero-order chi connectivity index (χ0) is 15.7. The summed E-state index contributed by atoms with van der Waals surface area (Å²) < 4.78 is 4.91. The van der Waals surface area contributed by atoms with E-state index in [0.29, 0.717) is 19.1 Å². The number of hydrogen-bond donors (Lipinski definition) is 2. The quantitative estimate of drug-likeness (QED) is 0.710. The van der Waals surface area contributed by atoms with Gasteiger partial charge in [-0.3, -0.25) is 4.79 Å². The molecule has 0 aliphatic heterocycles. The summed E-state index contributed by atoms with van der Waals surface area (Å²) in [6, 6.07) is -0.0906. The summed E-state index contributed by atoms with van der Waals surface area (Å²) in [4.78, 5) is 23.6. The molecule has 120 valence electrons. The number of amides is 2. The first-order valence-electron chi connectivity index (χ1n) is 7.88. The highest BCUT2D eigenvalue weighted by Gasteiger charge is 2.21. The molecule has 2 N–H and O–H groups in total. The van der Waals surface area contributed by atoms with Crippen LogP contribution in [-0.4, -0.2) is 31.2 Å². The average molecular weight is 296 g/mol. The Hall–Kier alpha value is -1.52. The van der Waals surface area contributed by atoms with Crippen LogP contribution in [0.15, 0.2) is 12.2 Å². The summed E-state index contributed by atoms with van der Waals surface area (Å²) in [7, 11) is 0. The lowest BCUT2D eigenvalue weighted by Crippen LogP contribution is -2.45. The van der Waals surface area contributed by atoms with Gasteiger partial charge in [-0.1, -0.05) is 26.0 Å². The molecule has 5 heteroatoms. The number of allylic oxidation sites excluding steroid dienone is 2. The van der Waals surface area contributed by atoms with Gasteiger partial charge < -0.3 is 15.4 Å². The number of alkyl carbamates (subject to hydrolysis) is 1. The number of carbonyl (C=O) groups excluding carboxylic acids is 2. The fraction of sp³-hybridized carbons (Fsp3) is 0.750. The zero-order valence-corrected chi connectivity index (χ0v) is 13.4. The van der Waals surface area contributed by atoms with E-state index in [9.17, 15) is 9.59 Å². The molecule has 1 aliphatic rings. The van der Waals surface area contributed by atoms with Crippen LogP contribution in [-0.2, 0) is 9.53 Å². The Kier molecular flexibility index (Phi) is 7.87. The minimum Gasteiger partial charge on any atom is -0.450 e. The van der Waals surface area contributed by atoms with E-state index >= 15 is 0 Å². The second-order valence-corrected chi connectivity index (χ2v) is 5.92. The Morgan fingerprint density at radius 3 is 2.67 bits per heavy atom. The molecule has 0 aromatic rings. The lowest BCUT2D eigenvalue weighted by Gasteiger charge is -2.23. The van der Waals surface area contributed by atoms with Gasteiger partial charge in [0.05, 0.1) is 6.61 Å². The molecule has 0 heterocycles. The Morgan fingerprint density at radius 1 is 1.33 bits per heavy atom. The predicted molar refractivity (Wildman–Crippen MR) is 82.9 cm³/mol. The van der Waals surface area contributed by atoms with Crippen molar-refractivity contribution in [2.75, 3.05) is 13.2 Å². The van der Waals surface area contributed by atoms with E-state index in [1.807, 2.05) is 0 Å². The molecule has 1 aliphatic carbocycles. The Morgan fingerprint density at radius 2 is 2.10 bits per heavy atom. The van der Waals surface area contributed by atoms with Crippen LogP contribution in [0.5, 0.6) is 0 Å². The van der Waals surface area contributed by atoms with E-state index < -0.39 is 6.09 Å². The maximum atomic E-state index is 12.1. The van der Waals surface area contributed by atoms with E-state index in [-0.39, 0.29) is 17.9 Å². The zero-order valence-electron chi connectivity index (χ0n) is 13.4. The van der Waals surface area contributed by atoms with Gasteiger partial charge in [-0.05, 0) is 38.5 Å². The van der Waals surface area contributed by atoms with Gasteiger partial charge in [-0.25, -0.2) is 4.79 Å². The van der Waals surface area contributed by atoms with Gasteiger partial charge in [0.25, 0.3) is 0 Å². The van der Waals surface area contributed by atoms with Crippen molar-refractivity contribution in [3.05, 3.63) is 12.2 Å². The molecule has 0 aromatic carbocycles. The van der Waals surface area contributed by atoms with Crippen LogP contribution in [0.1, 0.15) is 46.5 Å². The van der Waals surface area contributed by atoms with Crippen molar-refractivity contribution in [3.8, 4) is 0 Å². The Balaban J connectivity index is 2.42. The maximum absolute atomic E-state index is 12.1. The number of ether oxygens (including phenoxy) is 1. The van der Waals surface area contributed by atoms with E-state index in [0.717, 1.165) is 25.7 Å². The molecule has 0 radical (unpaired) electrons. The summed E-state index contributed by atoms with van der Waals surface area (Å²) in [6.45, 7) is 6.76. The second-order valence-electron chi connectivity index (χ2n) is 5.92. The van der Waals surface area contributed by atoms with Crippen molar-refractivity contribution in [1.82, 2.24) is 10.6 Å². The van der Waals surface area contributed by atoms with E-state index in [2.05, 4.69) is 36.6 Å². The summed E-state index contributed by atoms with van der Waals surface area (Å²) in [5.74, 6) is 0.586. The fourth-order valence-corrected chi connectivity index (χ4v) is 2.50. The number of nitrogens with one attached hydrogen (secondary N) is 2. The van der Waals surface area contributed by atoms with Crippen LogP contribution in [0.25, 0.3) is 0 Å². The highest BCUT2D eigenvalue weighted by molar-refractivity contribution is 5.79. The third-order valence-electron chi connectivity index (χ3n) is 3.52. The van der Waals surface area contributed by atoms with Crippen molar-refractivity contribution in [3.63, 3.8) is 0 Å². The van der Waals surface area contributed by atoms with Crippen molar-refractivity contribution in [2.24, 2.45) is 11.8 Å². The van der Waals surface area contributed by atoms with E-state index in [1.54, 1.807) is 6.92 Å². The van der Waals surface area contributed by atoms with Gasteiger partial charge in [-0.2, -0.15) is 0 Å². The molecule has 0 aromatic heterocycles. The van der Waals surface area contributed by atoms with Gasteiger partial charge in [0.2, 0.25) is 5.91 Å². The predicted octanol–water partition coefficient (Wildman–Crippen LogP) is 2.62. The lowest BCUT2D eigenvalue weighted by molar-refractivity contribution is -0.125. The summed E-state index contributed by atoms with van der Waals surface area (Å²) in [5, 5.41) is 5.78. The second kappa shape index (κ2) is 9.42. The summed E-state index contributed by atoms with van der Waals surface area (Å²) in [5.41, 5.74) is 0. The monoisotopic (exact) mass is 296 g/mol. The molecule has 0 saturated heterocycles. The molecule has 0 fully saturated rings.